The van der Waals surface area contributed by atoms with Gasteiger partial charge in [-0.2, -0.15) is 18.3 Å². The van der Waals surface area contributed by atoms with Crippen LogP contribution in [0, 0.1) is 0 Å². The van der Waals surface area contributed by atoms with Crippen LogP contribution in [0.1, 0.15) is 36.2 Å². The average molecular weight is 365 g/mol. The minimum Gasteiger partial charge on any atom is -0.462 e. The van der Waals surface area contributed by atoms with E-state index in [9.17, 15) is 18.0 Å². The molecule has 26 heavy (non-hydrogen) atoms. The number of rotatable bonds is 4. The third kappa shape index (κ3) is 2.75. The third-order valence-corrected chi connectivity index (χ3v) is 4.39. The van der Waals surface area contributed by atoms with Gasteiger partial charge in [-0.15, -0.1) is 0 Å². The molecule has 1 aromatic heterocycles. The maximum absolute atomic E-state index is 14.1. The first-order chi connectivity index (χ1) is 12.3. The Balaban J connectivity index is 2.21. The second-order valence-corrected chi connectivity index (χ2v) is 5.86. The van der Waals surface area contributed by atoms with Crippen molar-refractivity contribution in [2.75, 3.05) is 11.9 Å². The number of halogens is 3. The van der Waals surface area contributed by atoms with Crippen molar-refractivity contribution in [1.82, 2.24) is 9.78 Å². The van der Waals surface area contributed by atoms with Crippen LogP contribution in [-0.2, 0) is 10.3 Å². The van der Waals surface area contributed by atoms with Crippen molar-refractivity contribution < 1.29 is 22.7 Å². The molecule has 0 saturated carbocycles. The molecule has 0 aliphatic carbocycles. The highest BCUT2D eigenvalue weighted by molar-refractivity contribution is 5.97. The summed E-state index contributed by atoms with van der Waals surface area (Å²) in [4.78, 5) is 12.2. The van der Waals surface area contributed by atoms with Crippen LogP contribution in [0.3, 0.4) is 0 Å². The SMILES string of the molecule is CCOC(=O)c1cnn2c1NC(c1ccccc1)=CC2(CC)C(F)(F)F. The molecule has 0 radical (unpaired) electrons. The first kappa shape index (κ1) is 18.0. The van der Waals surface area contributed by atoms with Gasteiger partial charge in [0.25, 0.3) is 0 Å². The largest absolute Gasteiger partial charge is 0.462 e. The van der Waals surface area contributed by atoms with Gasteiger partial charge in [0, 0.05) is 5.70 Å². The zero-order chi connectivity index (χ0) is 18.9. The Kier molecular flexibility index (Phi) is 4.52. The summed E-state index contributed by atoms with van der Waals surface area (Å²) in [6.45, 7) is 3.18. The second kappa shape index (κ2) is 6.51. The van der Waals surface area contributed by atoms with E-state index in [2.05, 4.69) is 10.4 Å². The van der Waals surface area contributed by atoms with Crippen molar-refractivity contribution in [2.45, 2.75) is 32.0 Å². The molecule has 0 spiro atoms. The molecule has 2 aromatic rings. The van der Waals surface area contributed by atoms with Crippen LogP contribution in [0.4, 0.5) is 19.0 Å². The Hall–Kier alpha value is -2.77. The number of benzene rings is 1. The fourth-order valence-corrected chi connectivity index (χ4v) is 3.02. The lowest BCUT2D eigenvalue weighted by Gasteiger charge is -2.38. The summed E-state index contributed by atoms with van der Waals surface area (Å²) in [7, 11) is 0. The predicted molar refractivity (Wildman–Crippen MR) is 90.5 cm³/mol. The fourth-order valence-electron chi connectivity index (χ4n) is 3.02. The molecular weight excluding hydrogens is 347 g/mol. The standard InChI is InChI=1S/C18H18F3N3O2/c1-3-17(18(19,20)21)10-14(12-8-6-5-7-9-12)23-15-13(11-22-24(15)17)16(25)26-4-2/h5-11,23H,3-4H2,1-2H3. The zero-order valence-corrected chi connectivity index (χ0v) is 14.3. The number of carbonyl (C=O) groups excluding carboxylic acids is 1. The molecule has 1 aromatic carbocycles. The van der Waals surface area contributed by atoms with Crippen molar-refractivity contribution >= 4 is 17.5 Å². The number of alkyl halides is 3. The summed E-state index contributed by atoms with van der Waals surface area (Å²) >= 11 is 0. The van der Waals surface area contributed by atoms with Crippen molar-refractivity contribution in [3.8, 4) is 0 Å². The van der Waals surface area contributed by atoms with E-state index in [1.54, 1.807) is 37.3 Å². The maximum Gasteiger partial charge on any atom is 0.417 e. The average Bonchev–Trinajstić information content (AvgIpc) is 3.05. The highest BCUT2D eigenvalue weighted by atomic mass is 19.4. The molecule has 1 aliphatic rings. The number of fused-ring (bicyclic) bond motifs is 1. The van der Waals surface area contributed by atoms with E-state index in [1.807, 2.05) is 0 Å². The normalized spacial score (nSPS) is 19.3. The molecule has 1 aliphatic heterocycles. The Morgan fingerprint density at radius 3 is 2.54 bits per heavy atom. The monoisotopic (exact) mass is 365 g/mol. The van der Waals surface area contributed by atoms with E-state index in [4.69, 9.17) is 4.74 Å². The third-order valence-electron chi connectivity index (χ3n) is 4.39. The smallest absolute Gasteiger partial charge is 0.417 e. The van der Waals surface area contributed by atoms with Gasteiger partial charge in [0.1, 0.15) is 11.4 Å². The number of esters is 1. The van der Waals surface area contributed by atoms with Crippen LogP contribution in [0.5, 0.6) is 0 Å². The highest BCUT2D eigenvalue weighted by Crippen LogP contribution is 2.47. The predicted octanol–water partition coefficient (Wildman–Crippen LogP) is 4.19. The summed E-state index contributed by atoms with van der Waals surface area (Å²) < 4.78 is 48.0. The summed E-state index contributed by atoms with van der Waals surface area (Å²) in [6.07, 6.45) is -2.64. The van der Waals surface area contributed by atoms with Gasteiger partial charge >= 0.3 is 12.1 Å². The van der Waals surface area contributed by atoms with Gasteiger partial charge in [0.05, 0.1) is 12.8 Å². The molecule has 0 bridgehead atoms. The minimum absolute atomic E-state index is 0.0241. The highest BCUT2D eigenvalue weighted by Gasteiger charge is 2.57. The number of nitrogens with zero attached hydrogens (tertiary/aromatic N) is 2. The first-order valence-electron chi connectivity index (χ1n) is 8.21. The lowest BCUT2D eigenvalue weighted by atomic mass is 9.90. The Labute approximate surface area is 148 Å². The number of ether oxygens (including phenoxy) is 1. The molecule has 1 N–H and O–H groups in total. The van der Waals surface area contributed by atoms with E-state index < -0.39 is 17.7 Å². The summed E-state index contributed by atoms with van der Waals surface area (Å²) in [5.74, 6) is -0.744. The Morgan fingerprint density at radius 1 is 1.27 bits per heavy atom. The quantitative estimate of drug-likeness (QED) is 0.826. The molecule has 138 valence electrons. The second-order valence-electron chi connectivity index (χ2n) is 5.86. The molecule has 1 unspecified atom stereocenters. The molecule has 0 saturated heterocycles. The molecule has 2 heterocycles. The van der Waals surface area contributed by atoms with Crippen molar-refractivity contribution in [3.05, 3.63) is 53.7 Å². The molecule has 5 nitrogen and oxygen atoms in total. The van der Waals surface area contributed by atoms with Crippen molar-refractivity contribution in [3.63, 3.8) is 0 Å². The molecule has 0 fully saturated rings. The van der Waals surface area contributed by atoms with E-state index in [1.165, 1.54) is 6.92 Å². The Bertz CT molecular complexity index is 843. The van der Waals surface area contributed by atoms with E-state index in [0.717, 1.165) is 17.0 Å². The number of hydrogen-bond donors (Lipinski definition) is 1. The summed E-state index contributed by atoms with van der Waals surface area (Å²) in [5, 5.41) is 6.79. The number of carbonyl (C=O) groups is 1. The van der Waals surface area contributed by atoms with E-state index >= 15 is 0 Å². The van der Waals surface area contributed by atoms with Crippen LogP contribution >= 0.6 is 0 Å². The van der Waals surface area contributed by atoms with Crippen molar-refractivity contribution in [1.29, 1.82) is 0 Å². The lowest BCUT2D eigenvalue weighted by Crippen LogP contribution is -2.49. The number of anilines is 1. The van der Waals surface area contributed by atoms with Crippen LogP contribution in [0.25, 0.3) is 5.70 Å². The Morgan fingerprint density at radius 2 is 1.96 bits per heavy atom. The maximum atomic E-state index is 14.1. The first-order valence-corrected chi connectivity index (χ1v) is 8.21. The van der Waals surface area contributed by atoms with Crippen molar-refractivity contribution in [2.24, 2.45) is 0 Å². The molecule has 0 amide bonds. The van der Waals surface area contributed by atoms with Crippen LogP contribution in [0.2, 0.25) is 0 Å². The van der Waals surface area contributed by atoms with Gasteiger partial charge in [-0.1, -0.05) is 37.3 Å². The van der Waals surface area contributed by atoms with E-state index in [0.29, 0.717) is 5.56 Å². The summed E-state index contributed by atoms with van der Waals surface area (Å²) in [6, 6.07) is 8.64. The molecule has 3 rings (SSSR count). The molecule has 1 atom stereocenters. The van der Waals surface area contributed by atoms with Crippen LogP contribution < -0.4 is 5.32 Å². The molecule has 8 heteroatoms. The van der Waals surface area contributed by atoms with Crippen LogP contribution in [-0.4, -0.2) is 28.5 Å². The molecular formula is C18H18F3N3O2. The van der Waals surface area contributed by atoms with E-state index in [-0.39, 0.29) is 30.1 Å². The van der Waals surface area contributed by atoms with Gasteiger partial charge < -0.3 is 10.1 Å². The van der Waals surface area contributed by atoms with Gasteiger partial charge in [0.15, 0.2) is 5.54 Å². The minimum atomic E-state index is -4.60. The number of allylic oxidation sites excluding steroid dienone is 1. The van der Waals surface area contributed by atoms with Gasteiger partial charge in [-0.3, -0.25) is 0 Å². The fraction of sp³-hybridized carbons (Fsp3) is 0.333. The zero-order valence-electron chi connectivity index (χ0n) is 14.3. The lowest BCUT2D eigenvalue weighted by molar-refractivity contribution is -0.201. The van der Waals surface area contributed by atoms with Crippen LogP contribution in [0.15, 0.2) is 42.6 Å². The summed E-state index contributed by atoms with van der Waals surface area (Å²) in [5.41, 5.74) is -1.54. The van der Waals surface area contributed by atoms with Gasteiger partial charge in [0.2, 0.25) is 0 Å². The topological polar surface area (TPSA) is 56.1 Å². The van der Waals surface area contributed by atoms with Gasteiger partial charge in [-0.05, 0) is 25.0 Å². The number of aromatic nitrogens is 2. The van der Waals surface area contributed by atoms with Gasteiger partial charge in [-0.25, -0.2) is 9.48 Å². The number of nitrogens with one attached hydrogen (secondary N) is 1. The number of hydrogen-bond acceptors (Lipinski definition) is 4.